The fourth-order valence-corrected chi connectivity index (χ4v) is 1.61. The number of benzene rings is 1. The van der Waals surface area contributed by atoms with Crippen LogP contribution in [0.25, 0.3) is 0 Å². The summed E-state index contributed by atoms with van der Waals surface area (Å²) in [6.07, 6.45) is 0. The maximum Gasteiger partial charge on any atom is 0.329 e. The number of aliphatic carboxylic acids is 1. The molecule has 0 bridgehead atoms. The highest BCUT2D eigenvalue weighted by Crippen LogP contribution is 2.16. The van der Waals surface area contributed by atoms with E-state index in [1.54, 1.807) is 0 Å². The lowest BCUT2D eigenvalue weighted by atomic mass is 10.1. The Balaban J connectivity index is 2.39. The zero-order chi connectivity index (χ0) is 13.5. The van der Waals surface area contributed by atoms with E-state index in [0.717, 1.165) is 10.0 Å². The highest BCUT2D eigenvalue weighted by molar-refractivity contribution is 9.10. The van der Waals surface area contributed by atoms with Crippen LogP contribution in [0.5, 0.6) is 0 Å². The summed E-state index contributed by atoms with van der Waals surface area (Å²) in [7, 11) is 0. The minimum Gasteiger partial charge on any atom is -0.480 e. The van der Waals surface area contributed by atoms with Gasteiger partial charge in [0.05, 0.1) is 6.04 Å². The fourth-order valence-electron chi connectivity index (χ4n) is 1.35. The van der Waals surface area contributed by atoms with Crippen molar-refractivity contribution in [3.05, 3.63) is 34.3 Å². The minimum atomic E-state index is -1.09. The second-order valence-corrected chi connectivity index (χ2v) is 4.64. The van der Waals surface area contributed by atoms with Crippen LogP contribution in [-0.4, -0.2) is 30.2 Å². The molecule has 0 heterocycles. The van der Waals surface area contributed by atoms with Gasteiger partial charge in [0.1, 0.15) is 13.2 Å². The molecule has 0 fully saturated rings. The minimum absolute atomic E-state index is 0.154. The van der Waals surface area contributed by atoms with Crippen LogP contribution in [0.3, 0.4) is 0 Å². The molecule has 0 saturated heterocycles. The number of hydrogen-bond donors (Lipinski definition) is 2. The smallest absolute Gasteiger partial charge is 0.329 e. The largest absolute Gasteiger partial charge is 0.480 e. The number of nitrogens with one attached hydrogen (secondary N) is 1. The Morgan fingerprint density at radius 3 is 2.50 bits per heavy atom. The molecule has 0 aliphatic rings. The van der Waals surface area contributed by atoms with Crippen molar-refractivity contribution in [1.29, 1.82) is 0 Å². The predicted octanol–water partition coefficient (Wildman–Crippen LogP) is 1.73. The molecule has 0 aromatic heterocycles. The molecule has 0 aliphatic heterocycles. The van der Waals surface area contributed by atoms with E-state index < -0.39 is 12.6 Å². The van der Waals surface area contributed by atoms with Gasteiger partial charge in [0.25, 0.3) is 0 Å². The molecule has 0 radical (unpaired) electrons. The van der Waals surface area contributed by atoms with Crippen molar-refractivity contribution in [2.75, 3.05) is 13.2 Å². The SMILES string of the molecule is C[C@@H](NC(=O)COCC(=O)O)c1ccc(Br)cc1. The highest BCUT2D eigenvalue weighted by atomic mass is 79.9. The van der Waals surface area contributed by atoms with E-state index in [4.69, 9.17) is 9.84 Å². The van der Waals surface area contributed by atoms with E-state index in [-0.39, 0.29) is 18.6 Å². The van der Waals surface area contributed by atoms with E-state index in [2.05, 4.69) is 21.2 Å². The van der Waals surface area contributed by atoms with Crippen LogP contribution in [0.2, 0.25) is 0 Å². The summed E-state index contributed by atoms with van der Waals surface area (Å²) >= 11 is 3.33. The normalized spacial score (nSPS) is 11.9. The lowest BCUT2D eigenvalue weighted by molar-refractivity contribution is -0.143. The van der Waals surface area contributed by atoms with Crippen molar-refractivity contribution in [3.63, 3.8) is 0 Å². The number of ether oxygens (including phenoxy) is 1. The van der Waals surface area contributed by atoms with Crippen molar-refractivity contribution in [2.24, 2.45) is 0 Å². The average Bonchev–Trinajstić information content (AvgIpc) is 2.29. The molecule has 1 amide bonds. The number of carboxylic acid groups (broad SMARTS) is 1. The zero-order valence-electron chi connectivity index (χ0n) is 9.85. The first-order valence-electron chi connectivity index (χ1n) is 5.33. The van der Waals surface area contributed by atoms with Gasteiger partial charge >= 0.3 is 5.97 Å². The number of halogens is 1. The van der Waals surface area contributed by atoms with Crippen molar-refractivity contribution < 1.29 is 19.4 Å². The van der Waals surface area contributed by atoms with Crippen molar-refractivity contribution in [3.8, 4) is 0 Å². The number of carbonyl (C=O) groups is 2. The van der Waals surface area contributed by atoms with Crippen LogP contribution >= 0.6 is 15.9 Å². The molecule has 1 atom stereocenters. The van der Waals surface area contributed by atoms with Gasteiger partial charge in [0, 0.05) is 4.47 Å². The molecule has 0 unspecified atom stereocenters. The molecule has 1 rings (SSSR count). The van der Waals surface area contributed by atoms with Crippen LogP contribution < -0.4 is 5.32 Å². The van der Waals surface area contributed by atoms with Gasteiger partial charge in [0.15, 0.2) is 0 Å². The monoisotopic (exact) mass is 315 g/mol. The van der Waals surface area contributed by atoms with Gasteiger partial charge in [0.2, 0.25) is 5.91 Å². The molecule has 1 aromatic carbocycles. The highest BCUT2D eigenvalue weighted by Gasteiger charge is 2.10. The van der Waals surface area contributed by atoms with Gasteiger partial charge in [-0.05, 0) is 24.6 Å². The van der Waals surface area contributed by atoms with Crippen LogP contribution in [-0.2, 0) is 14.3 Å². The van der Waals surface area contributed by atoms with E-state index in [1.165, 1.54) is 0 Å². The Hall–Kier alpha value is -1.40. The molecular formula is C12H14BrNO4. The maximum atomic E-state index is 11.4. The van der Waals surface area contributed by atoms with Crippen LogP contribution in [0, 0.1) is 0 Å². The third kappa shape index (κ3) is 5.29. The molecule has 1 aromatic rings. The molecule has 18 heavy (non-hydrogen) atoms. The van der Waals surface area contributed by atoms with E-state index in [1.807, 2.05) is 31.2 Å². The summed E-state index contributed by atoms with van der Waals surface area (Å²) < 4.78 is 5.66. The molecule has 6 heteroatoms. The number of carboxylic acids is 1. The summed E-state index contributed by atoms with van der Waals surface area (Å²) in [6, 6.07) is 7.41. The fraction of sp³-hybridized carbons (Fsp3) is 0.333. The first kappa shape index (κ1) is 14.7. The Kier molecular flexibility index (Phi) is 5.80. The summed E-state index contributed by atoms with van der Waals surface area (Å²) in [4.78, 5) is 21.6. The quantitative estimate of drug-likeness (QED) is 0.838. The van der Waals surface area contributed by atoms with Crippen molar-refractivity contribution >= 4 is 27.8 Å². The molecule has 0 saturated carbocycles. The van der Waals surface area contributed by atoms with Crippen molar-refractivity contribution in [1.82, 2.24) is 5.32 Å². The van der Waals surface area contributed by atoms with Gasteiger partial charge in [-0.15, -0.1) is 0 Å². The third-order valence-corrected chi connectivity index (χ3v) is 2.73. The van der Waals surface area contributed by atoms with Crippen LogP contribution in [0.15, 0.2) is 28.7 Å². The lowest BCUT2D eigenvalue weighted by Crippen LogP contribution is -2.30. The number of carbonyl (C=O) groups excluding carboxylic acids is 1. The Labute approximate surface area is 113 Å². The first-order chi connectivity index (χ1) is 8.49. The first-order valence-corrected chi connectivity index (χ1v) is 6.12. The van der Waals surface area contributed by atoms with E-state index in [0.29, 0.717) is 0 Å². The standard InChI is InChI=1S/C12H14BrNO4/c1-8(9-2-4-10(13)5-3-9)14-11(15)6-18-7-12(16)17/h2-5,8H,6-7H2,1H3,(H,14,15)(H,16,17)/t8-/m1/s1. The molecule has 0 spiro atoms. The predicted molar refractivity (Wildman–Crippen MR) is 69.2 cm³/mol. The third-order valence-electron chi connectivity index (χ3n) is 2.21. The van der Waals surface area contributed by atoms with E-state index in [9.17, 15) is 9.59 Å². The van der Waals surface area contributed by atoms with E-state index >= 15 is 0 Å². The zero-order valence-corrected chi connectivity index (χ0v) is 11.4. The molecule has 0 aliphatic carbocycles. The molecule has 5 nitrogen and oxygen atoms in total. The van der Waals surface area contributed by atoms with Gasteiger partial charge in [-0.3, -0.25) is 4.79 Å². The molecular weight excluding hydrogens is 302 g/mol. The van der Waals surface area contributed by atoms with Gasteiger partial charge in [-0.1, -0.05) is 28.1 Å². The Morgan fingerprint density at radius 2 is 1.94 bits per heavy atom. The van der Waals surface area contributed by atoms with Crippen molar-refractivity contribution in [2.45, 2.75) is 13.0 Å². The van der Waals surface area contributed by atoms with Gasteiger partial charge in [-0.2, -0.15) is 0 Å². The topological polar surface area (TPSA) is 75.6 Å². The van der Waals surface area contributed by atoms with Crippen LogP contribution in [0.4, 0.5) is 0 Å². The summed E-state index contributed by atoms with van der Waals surface area (Å²) in [5, 5.41) is 11.1. The molecule has 2 N–H and O–H groups in total. The van der Waals surface area contributed by atoms with Gasteiger partial charge in [-0.25, -0.2) is 4.79 Å². The average molecular weight is 316 g/mol. The summed E-state index contributed by atoms with van der Waals surface area (Å²) in [5.41, 5.74) is 0.963. The number of hydrogen-bond acceptors (Lipinski definition) is 3. The Bertz CT molecular complexity index is 419. The summed E-state index contributed by atoms with van der Waals surface area (Å²) in [5.74, 6) is -1.43. The van der Waals surface area contributed by atoms with Crippen LogP contribution in [0.1, 0.15) is 18.5 Å². The lowest BCUT2D eigenvalue weighted by Gasteiger charge is -2.14. The number of rotatable bonds is 6. The number of amides is 1. The van der Waals surface area contributed by atoms with Gasteiger partial charge < -0.3 is 15.2 Å². The maximum absolute atomic E-state index is 11.4. The second kappa shape index (κ2) is 7.13. The summed E-state index contributed by atoms with van der Waals surface area (Å²) in [6.45, 7) is 1.12. The Morgan fingerprint density at radius 1 is 1.33 bits per heavy atom. The molecule has 98 valence electrons. The second-order valence-electron chi connectivity index (χ2n) is 3.73.